The van der Waals surface area contributed by atoms with Crippen LogP contribution >= 0.6 is 11.8 Å². The summed E-state index contributed by atoms with van der Waals surface area (Å²) in [5.41, 5.74) is 0. The third kappa shape index (κ3) is 9.30. The van der Waals surface area contributed by atoms with Crippen LogP contribution in [-0.4, -0.2) is 67.3 Å². The number of hydrogen-bond acceptors (Lipinski definition) is 3. The molecule has 0 aliphatic carbocycles. The number of aliphatic imine (C=N–C) groups is 1. The molecular formula is C15H29F3N4S. The summed E-state index contributed by atoms with van der Waals surface area (Å²) in [7, 11) is 1.49. The highest BCUT2D eigenvalue weighted by molar-refractivity contribution is 8.00. The van der Waals surface area contributed by atoms with Gasteiger partial charge in [-0.05, 0) is 52.5 Å². The summed E-state index contributed by atoms with van der Waals surface area (Å²) in [5, 5.41) is 6.39. The normalized spacial score (nSPS) is 22.7. The summed E-state index contributed by atoms with van der Waals surface area (Å²) in [4.78, 5) is 5.92. The molecule has 1 heterocycles. The summed E-state index contributed by atoms with van der Waals surface area (Å²) in [5.74, 6) is 1.95. The molecule has 1 fully saturated rings. The van der Waals surface area contributed by atoms with Crippen LogP contribution in [0.4, 0.5) is 13.2 Å². The molecule has 1 unspecified atom stereocenters. The predicted molar refractivity (Wildman–Crippen MR) is 92.2 cm³/mol. The van der Waals surface area contributed by atoms with Crippen molar-refractivity contribution in [3.05, 3.63) is 0 Å². The van der Waals surface area contributed by atoms with Crippen molar-refractivity contribution in [1.82, 2.24) is 15.5 Å². The zero-order valence-corrected chi connectivity index (χ0v) is 15.1. The van der Waals surface area contributed by atoms with E-state index in [4.69, 9.17) is 0 Å². The molecular weight excluding hydrogens is 325 g/mol. The zero-order chi connectivity index (χ0) is 17.3. The van der Waals surface area contributed by atoms with Crippen LogP contribution in [0.1, 0.15) is 33.1 Å². The fourth-order valence-electron chi connectivity index (χ4n) is 2.49. The Bertz CT molecular complexity index is 368. The van der Waals surface area contributed by atoms with Gasteiger partial charge in [0.05, 0.1) is 13.1 Å². The van der Waals surface area contributed by atoms with E-state index in [0.29, 0.717) is 19.5 Å². The number of nitrogens with one attached hydrogen (secondary N) is 2. The molecule has 0 aromatic carbocycles. The molecule has 8 heteroatoms. The molecule has 1 atom stereocenters. The average Bonchev–Trinajstić information content (AvgIpc) is 2.86. The van der Waals surface area contributed by atoms with Gasteiger partial charge < -0.3 is 10.6 Å². The van der Waals surface area contributed by atoms with Gasteiger partial charge in [0.15, 0.2) is 5.96 Å². The molecule has 0 aromatic rings. The molecule has 136 valence electrons. The molecule has 0 aromatic heterocycles. The molecule has 0 amide bonds. The second-order valence-electron chi connectivity index (χ2n) is 6.23. The Labute approximate surface area is 141 Å². The highest BCUT2D eigenvalue weighted by Crippen LogP contribution is 2.37. The maximum atomic E-state index is 12.2. The maximum absolute atomic E-state index is 12.2. The number of nitrogens with zero attached hydrogens (tertiary/aromatic N) is 2. The lowest BCUT2D eigenvalue weighted by molar-refractivity contribution is -0.143. The number of thioether (sulfide) groups is 1. The Morgan fingerprint density at radius 1 is 1.35 bits per heavy atom. The highest BCUT2D eigenvalue weighted by Gasteiger charge is 2.29. The Morgan fingerprint density at radius 3 is 2.65 bits per heavy atom. The number of hydrogen-bond donors (Lipinski definition) is 2. The Morgan fingerprint density at radius 2 is 2.09 bits per heavy atom. The second kappa shape index (κ2) is 9.61. The molecule has 23 heavy (non-hydrogen) atoms. The van der Waals surface area contributed by atoms with Gasteiger partial charge in [0, 0.05) is 17.8 Å². The minimum atomic E-state index is -4.13. The van der Waals surface area contributed by atoms with E-state index in [2.05, 4.69) is 22.5 Å². The van der Waals surface area contributed by atoms with E-state index in [1.807, 2.05) is 18.7 Å². The summed E-state index contributed by atoms with van der Waals surface area (Å²) >= 11 is 1.97. The molecule has 0 saturated carbocycles. The van der Waals surface area contributed by atoms with Gasteiger partial charge in [0.2, 0.25) is 0 Å². The standard InChI is InChI=1S/C15H29F3N4S/c1-4-19-13(21-11-14(2)7-5-10-23-14)20-8-6-9-22(3)12-15(16,17)18/h4-12H2,1-3H3,(H2,19,20,21). The quantitative estimate of drug-likeness (QED) is 0.399. The van der Waals surface area contributed by atoms with E-state index in [9.17, 15) is 13.2 Å². The van der Waals surface area contributed by atoms with E-state index in [1.165, 1.54) is 30.5 Å². The summed E-state index contributed by atoms with van der Waals surface area (Å²) in [6.07, 6.45) is -1.06. The topological polar surface area (TPSA) is 39.7 Å². The van der Waals surface area contributed by atoms with Crippen molar-refractivity contribution in [3.8, 4) is 0 Å². The summed E-state index contributed by atoms with van der Waals surface area (Å²) in [6.45, 7) is 5.92. The van der Waals surface area contributed by atoms with E-state index in [-0.39, 0.29) is 4.75 Å². The third-order valence-electron chi connectivity index (χ3n) is 3.67. The van der Waals surface area contributed by atoms with E-state index >= 15 is 0 Å². The van der Waals surface area contributed by atoms with Crippen LogP contribution in [-0.2, 0) is 0 Å². The third-order valence-corrected chi connectivity index (χ3v) is 5.20. The zero-order valence-electron chi connectivity index (χ0n) is 14.3. The SMILES string of the molecule is CCNC(=NCC1(C)CCCS1)NCCCN(C)CC(F)(F)F. The van der Waals surface area contributed by atoms with E-state index in [0.717, 1.165) is 19.0 Å². The predicted octanol–water partition coefficient (Wildman–Crippen LogP) is 2.71. The smallest absolute Gasteiger partial charge is 0.357 e. The first-order chi connectivity index (χ1) is 10.7. The van der Waals surface area contributed by atoms with E-state index in [1.54, 1.807) is 0 Å². The average molecular weight is 354 g/mol. The Kier molecular flexibility index (Phi) is 8.53. The second-order valence-corrected chi connectivity index (χ2v) is 7.91. The van der Waals surface area contributed by atoms with Crippen LogP contribution in [0.5, 0.6) is 0 Å². The molecule has 0 bridgehead atoms. The summed E-state index contributed by atoms with van der Waals surface area (Å²) in [6, 6.07) is 0. The van der Waals surface area contributed by atoms with Crippen LogP contribution in [0.15, 0.2) is 4.99 Å². The van der Waals surface area contributed by atoms with Crippen molar-refractivity contribution in [2.45, 2.75) is 44.0 Å². The van der Waals surface area contributed by atoms with Crippen LogP contribution in [0.2, 0.25) is 0 Å². The highest BCUT2D eigenvalue weighted by atomic mass is 32.2. The van der Waals surface area contributed by atoms with Crippen molar-refractivity contribution in [3.63, 3.8) is 0 Å². The summed E-state index contributed by atoms with van der Waals surface area (Å²) < 4.78 is 36.9. The van der Waals surface area contributed by atoms with Crippen molar-refractivity contribution < 1.29 is 13.2 Å². The number of rotatable bonds is 8. The van der Waals surface area contributed by atoms with Crippen LogP contribution in [0, 0.1) is 0 Å². The first-order valence-corrected chi connectivity index (χ1v) is 9.14. The fourth-order valence-corrected chi connectivity index (χ4v) is 3.72. The molecule has 4 nitrogen and oxygen atoms in total. The van der Waals surface area contributed by atoms with Crippen molar-refractivity contribution in [2.24, 2.45) is 4.99 Å². The van der Waals surface area contributed by atoms with Crippen molar-refractivity contribution in [2.75, 3.05) is 45.5 Å². The van der Waals surface area contributed by atoms with Gasteiger partial charge in [0.1, 0.15) is 0 Å². The van der Waals surface area contributed by atoms with E-state index < -0.39 is 12.7 Å². The minimum absolute atomic E-state index is 0.218. The van der Waals surface area contributed by atoms with Gasteiger partial charge in [0.25, 0.3) is 0 Å². The molecule has 2 N–H and O–H groups in total. The van der Waals surface area contributed by atoms with Crippen molar-refractivity contribution >= 4 is 17.7 Å². The maximum Gasteiger partial charge on any atom is 0.401 e. The van der Waals surface area contributed by atoms with Gasteiger partial charge >= 0.3 is 6.18 Å². The molecule has 1 saturated heterocycles. The lowest BCUT2D eigenvalue weighted by Crippen LogP contribution is -2.40. The number of alkyl halides is 3. The van der Waals surface area contributed by atoms with Crippen LogP contribution in [0.3, 0.4) is 0 Å². The first kappa shape index (κ1) is 20.4. The number of halogens is 3. The largest absolute Gasteiger partial charge is 0.401 e. The van der Waals surface area contributed by atoms with Gasteiger partial charge in [-0.25, -0.2) is 0 Å². The Balaban J connectivity index is 2.30. The molecule has 0 radical (unpaired) electrons. The van der Waals surface area contributed by atoms with Gasteiger partial charge in [-0.1, -0.05) is 0 Å². The molecule has 1 aliphatic rings. The van der Waals surface area contributed by atoms with Crippen molar-refractivity contribution in [1.29, 1.82) is 0 Å². The van der Waals surface area contributed by atoms with Gasteiger partial charge in [-0.15, -0.1) is 0 Å². The van der Waals surface area contributed by atoms with Gasteiger partial charge in [-0.3, -0.25) is 9.89 Å². The minimum Gasteiger partial charge on any atom is -0.357 e. The monoisotopic (exact) mass is 354 g/mol. The lowest BCUT2D eigenvalue weighted by atomic mass is 10.1. The molecule has 0 spiro atoms. The molecule has 1 rings (SSSR count). The lowest BCUT2D eigenvalue weighted by Gasteiger charge is -2.21. The fraction of sp³-hybridized carbons (Fsp3) is 0.933. The Hall–Kier alpha value is -0.630. The first-order valence-electron chi connectivity index (χ1n) is 8.15. The molecule has 1 aliphatic heterocycles. The van der Waals surface area contributed by atoms with Crippen LogP contribution in [0.25, 0.3) is 0 Å². The van der Waals surface area contributed by atoms with Gasteiger partial charge in [-0.2, -0.15) is 24.9 Å². The van der Waals surface area contributed by atoms with Crippen LogP contribution < -0.4 is 10.6 Å². The number of guanidine groups is 1.